The SMILES string of the molecule is COc1cc(C(=O)N2CCC(c3nc(-c4cc5ccccc5[nH]4)c4c(N)nccn34)CC2)ccc1Cl.Cc1cc(Cl)ccc1C(=O)N1CCC(c2nc(-c3cc4ccccc4[nH]3)c3c(N)nccn23)CC1.Cc1ccc(C2(C(=O)N3CCC(c4nc(-c5cc6ccccc6[nH]5)c5c(N)nccn45)CC3)CC2)cc1. The second-order valence-corrected chi connectivity index (χ2v) is 29.7. The summed E-state index contributed by atoms with van der Waals surface area (Å²) in [4.78, 5) is 84.5. The lowest BCUT2D eigenvalue weighted by molar-refractivity contribution is -0.135. The highest BCUT2D eigenvalue weighted by Crippen LogP contribution is 2.51. The number of fused-ring (bicyclic) bond motifs is 6. The van der Waals surface area contributed by atoms with Crippen molar-refractivity contribution in [3.05, 3.63) is 244 Å². The molecule has 3 aliphatic heterocycles. The number of methoxy groups -OCH3 is 1. The Labute approximate surface area is 631 Å². The number of carbonyl (C=O) groups excluding carboxylic acids is 3. The van der Waals surface area contributed by atoms with Crippen molar-refractivity contribution in [1.29, 1.82) is 0 Å². The number of imidazole rings is 3. The lowest BCUT2D eigenvalue weighted by Gasteiger charge is -2.34. The second kappa shape index (κ2) is 28.4. The van der Waals surface area contributed by atoms with Gasteiger partial charge in [-0.25, -0.2) is 29.9 Å². The zero-order chi connectivity index (χ0) is 74.1. The fourth-order valence-corrected chi connectivity index (χ4v) is 16.7. The quantitative estimate of drug-likeness (QED) is 0.0703. The molecule has 4 aliphatic rings. The maximum Gasteiger partial charge on any atom is 0.254 e. The van der Waals surface area contributed by atoms with Gasteiger partial charge in [-0.2, -0.15) is 0 Å². The van der Waals surface area contributed by atoms with Crippen molar-refractivity contribution in [3.8, 4) is 39.9 Å². The van der Waals surface area contributed by atoms with E-state index >= 15 is 0 Å². The minimum atomic E-state index is -0.316. The fourth-order valence-electron chi connectivity index (χ4n) is 16.3. The molecule has 0 bridgehead atoms. The van der Waals surface area contributed by atoms with Crippen LogP contribution in [-0.4, -0.2) is 137 Å². The van der Waals surface area contributed by atoms with Crippen molar-refractivity contribution < 1.29 is 19.1 Å². The normalized spacial score (nSPS) is 15.6. The maximum atomic E-state index is 13.6. The molecule has 15 aromatic rings. The fraction of sp³-hybridized carbons (Fsp3) is 0.250. The van der Waals surface area contributed by atoms with E-state index < -0.39 is 0 Å². The number of para-hydroxylation sites is 3. The molecule has 19 rings (SSSR count). The standard InChI is InChI=1S/C30H30N6O.C27H25ClN6O2.C27H25ClN6O/c1-19-6-8-22(9-7-19)30(12-13-30)29(37)35-15-10-20(11-16-35)28-34-25(26-27(31)32-14-17-36(26)28)24-18-21-4-2-3-5-23(21)33-24;1-36-22-15-18(6-7-19(22)28)27(35)33-11-8-16(9-12-33)26-32-23(24-25(29)30-10-13-34(24)26)21-14-17-4-2-3-5-20(17)31-21;1-16-14-19(28)6-7-20(16)27(35)33-11-8-17(9-12-33)26-32-23(24-25(29)30-10-13-34(24)26)22-15-18-4-2-3-5-21(18)31-22/h2-9,14,17-18,20,33H,10-13,15-16H2,1H3,(H2,31,32);2-7,10,13-16,31H,8-9,11-12H2,1H3,(H2,29,30);2-7,10,13-15,17,31H,8-9,11-12H2,1H3,(H2,29,30). The third-order valence-corrected chi connectivity index (χ3v) is 22.8. The number of aromatic nitrogens is 12. The minimum Gasteiger partial charge on any atom is -0.495 e. The van der Waals surface area contributed by atoms with Gasteiger partial charge in [0.1, 0.15) is 74.3 Å². The minimum absolute atomic E-state index is 0.0244. The van der Waals surface area contributed by atoms with E-state index in [9.17, 15) is 14.4 Å². The highest BCUT2D eigenvalue weighted by Gasteiger charge is 2.53. The molecular formula is C84H80Cl2N18O4. The number of hydrogen-bond donors (Lipinski definition) is 6. The molecule has 24 heteroatoms. The summed E-state index contributed by atoms with van der Waals surface area (Å²) in [7, 11) is 1.54. The number of nitrogen functional groups attached to an aromatic ring is 3. The Balaban J connectivity index is 0.000000119. The largest absolute Gasteiger partial charge is 0.495 e. The number of likely N-dealkylation sites (tertiary alicyclic amines) is 3. The van der Waals surface area contributed by atoms with Gasteiger partial charge in [-0.3, -0.25) is 27.6 Å². The van der Waals surface area contributed by atoms with Gasteiger partial charge in [0.2, 0.25) is 5.91 Å². The van der Waals surface area contributed by atoms with Crippen LogP contribution in [0.4, 0.5) is 17.5 Å². The molecule has 0 unspecified atom stereocenters. The molecule has 9 aromatic heterocycles. The number of piperidine rings is 3. The van der Waals surface area contributed by atoms with Crippen molar-refractivity contribution in [2.24, 2.45) is 0 Å². The van der Waals surface area contributed by atoms with Gasteiger partial charge < -0.3 is 51.6 Å². The summed E-state index contributed by atoms with van der Waals surface area (Å²) >= 11 is 12.2. The van der Waals surface area contributed by atoms with Gasteiger partial charge in [0.05, 0.1) is 34.6 Å². The average molecular weight is 1480 g/mol. The molecule has 0 radical (unpaired) electrons. The van der Waals surface area contributed by atoms with Gasteiger partial charge in [0, 0.05) is 143 Å². The number of nitrogens with two attached hydrogens (primary N) is 3. The number of halogens is 2. The third-order valence-electron chi connectivity index (χ3n) is 22.2. The Hall–Kier alpha value is -12.0. The van der Waals surface area contributed by atoms with E-state index in [1.165, 1.54) is 5.56 Å². The molecule has 6 aromatic carbocycles. The topological polar surface area (TPSA) is 286 Å². The third kappa shape index (κ3) is 12.8. The van der Waals surface area contributed by atoms with Crippen molar-refractivity contribution >= 4 is 108 Å². The lowest BCUT2D eigenvalue weighted by atomic mass is 9.90. The van der Waals surface area contributed by atoms with E-state index in [0.717, 1.165) is 176 Å². The zero-order valence-corrected chi connectivity index (χ0v) is 61.5. The molecule has 1 saturated carbocycles. The van der Waals surface area contributed by atoms with Gasteiger partial charge in [0.15, 0.2) is 0 Å². The predicted octanol–water partition coefficient (Wildman–Crippen LogP) is 15.8. The van der Waals surface area contributed by atoms with E-state index in [0.29, 0.717) is 70.6 Å². The van der Waals surface area contributed by atoms with Crippen LogP contribution >= 0.6 is 23.2 Å². The Kier molecular flexibility index (Phi) is 18.1. The molecule has 544 valence electrons. The first-order chi connectivity index (χ1) is 52.6. The smallest absolute Gasteiger partial charge is 0.254 e. The lowest BCUT2D eigenvalue weighted by Crippen LogP contribution is -2.43. The van der Waals surface area contributed by atoms with Crippen molar-refractivity contribution in [2.75, 3.05) is 63.6 Å². The van der Waals surface area contributed by atoms with Crippen LogP contribution in [0.3, 0.4) is 0 Å². The molecule has 1 aliphatic carbocycles. The molecule has 3 saturated heterocycles. The van der Waals surface area contributed by atoms with Gasteiger partial charge in [-0.05, 0) is 149 Å². The number of H-pyrrole nitrogens is 3. The molecule has 12 heterocycles. The number of ether oxygens (including phenoxy) is 1. The molecule has 4 fully saturated rings. The van der Waals surface area contributed by atoms with E-state index in [-0.39, 0.29) is 40.9 Å². The van der Waals surface area contributed by atoms with Crippen molar-refractivity contribution in [2.45, 2.75) is 88.4 Å². The van der Waals surface area contributed by atoms with Gasteiger partial charge in [0.25, 0.3) is 11.8 Å². The number of amides is 3. The molecule has 108 heavy (non-hydrogen) atoms. The summed E-state index contributed by atoms with van der Waals surface area (Å²) < 4.78 is 11.5. The molecule has 0 atom stereocenters. The van der Waals surface area contributed by atoms with E-state index in [1.54, 1.807) is 50.0 Å². The summed E-state index contributed by atoms with van der Waals surface area (Å²) in [5.41, 5.74) is 34.1. The van der Waals surface area contributed by atoms with Crippen molar-refractivity contribution in [3.63, 3.8) is 0 Å². The number of anilines is 3. The van der Waals surface area contributed by atoms with Crippen LogP contribution in [0.1, 0.15) is 124 Å². The molecule has 3 amide bonds. The second-order valence-electron chi connectivity index (χ2n) is 28.8. The number of rotatable bonds is 11. The number of benzene rings is 6. The van der Waals surface area contributed by atoms with Gasteiger partial charge in [-0.15, -0.1) is 0 Å². The van der Waals surface area contributed by atoms with Crippen LogP contribution in [0, 0.1) is 13.8 Å². The number of aromatic amines is 3. The molecule has 0 spiro atoms. The highest BCUT2D eigenvalue weighted by atomic mass is 35.5. The first-order valence-corrected chi connectivity index (χ1v) is 37.5. The van der Waals surface area contributed by atoms with Gasteiger partial charge in [-0.1, -0.05) is 108 Å². The van der Waals surface area contributed by atoms with E-state index in [4.69, 9.17) is 60.1 Å². The summed E-state index contributed by atoms with van der Waals surface area (Å²) in [6.07, 6.45) is 17.8. The Morgan fingerprint density at radius 2 is 0.889 bits per heavy atom. The summed E-state index contributed by atoms with van der Waals surface area (Å²) in [5, 5.41) is 4.50. The number of nitrogens with one attached hydrogen (secondary N) is 3. The van der Waals surface area contributed by atoms with Crippen molar-refractivity contribution in [1.82, 2.24) is 72.8 Å². The summed E-state index contributed by atoms with van der Waals surface area (Å²) in [5.74, 6) is 5.68. The molecule has 22 nitrogen and oxygen atoms in total. The van der Waals surface area contributed by atoms with Crippen LogP contribution < -0.4 is 21.9 Å². The number of carbonyl (C=O) groups is 3. The van der Waals surface area contributed by atoms with Crippen LogP contribution in [-0.2, 0) is 10.2 Å². The van der Waals surface area contributed by atoms with Crippen LogP contribution in [0.5, 0.6) is 5.75 Å². The van der Waals surface area contributed by atoms with Crippen LogP contribution in [0.15, 0.2) is 189 Å². The van der Waals surface area contributed by atoms with Crippen LogP contribution in [0.25, 0.3) is 83.4 Å². The summed E-state index contributed by atoms with van der Waals surface area (Å²) in [6.45, 7) is 8.10. The number of aryl methyl sites for hydroxylation is 2. The van der Waals surface area contributed by atoms with Gasteiger partial charge >= 0.3 is 0 Å². The number of hydrogen-bond acceptors (Lipinski definition) is 13. The highest BCUT2D eigenvalue weighted by molar-refractivity contribution is 6.32. The maximum absolute atomic E-state index is 13.6. The number of nitrogens with zero attached hydrogens (tertiary/aromatic N) is 12. The Morgan fingerprint density at radius 3 is 1.29 bits per heavy atom. The molecular weight excluding hydrogens is 1400 g/mol. The van der Waals surface area contributed by atoms with E-state index in [1.807, 2.05) is 89.9 Å². The average Bonchev–Trinajstić information content (AvgIpc) is 1.59. The summed E-state index contributed by atoms with van der Waals surface area (Å²) in [6, 6.07) is 49.9. The Morgan fingerprint density at radius 1 is 0.481 bits per heavy atom. The molecule has 9 N–H and O–H groups in total. The predicted molar refractivity (Wildman–Crippen MR) is 425 cm³/mol. The van der Waals surface area contributed by atoms with E-state index in [2.05, 4.69) is 128 Å². The first kappa shape index (κ1) is 69.1. The van der Waals surface area contributed by atoms with Crippen LogP contribution in [0.2, 0.25) is 10.0 Å². The first-order valence-electron chi connectivity index (χ1n) is 36.7. The Bertz CT molecular complexity index is 5860. The zero-order valence-electron chi connectivity index (χ0n) is 60.0. The monoisotopic (exact) mass is 1470 g/mol.